The molecule has 0 fully saturated rings. The lowest BCUT2D eigenvalue weighted by Crippen LogP contribution is -2.24. The van der Waals surface area contributed by atoms with Crippen molar-refractivity contribution in [3.63, 3.8) is 0 Å². The van der Waals surface area contributed by atoms with Crippen molar-refractivity contribution >= 4 is 11.0 Å². The Balaban J connectivity index is 1.98. The van der Waals surface area contributed by atoms with E-state index < -0.39 is 0 Å². The van der Waals surface area contributed by atoms with Gasteiger partial charge in [0, 0.05) is 0 Å². The van der Waals surface area contributed by atoms with Crippen LogP contribution in [0.5, 0.6) is 5.75 Å². The summed E-state index contributed by atoms with van der Waals surface area (Å²) in [6.07, 6.45) is 0. The van der Waals surface area contributed by atoms with E-state index in [9.17, 15) is 10.3 Å². The fourth-order valence-electron chi connectivity index (χ4n) is 2.76. The van der Waals surface area contributed by atoms with Gasteiger partial charge in [0.05, 0.1) is 21.4 Å². The Morgan fingerprint density at radius 1 is 0.826 bits per heavy atom. The number of phenols is 1. The van der Waals surface area contributed by atoms with Crippen molar-refractivity contribution in [3.05, 3.63) is 78.0 Å². The van der Waals surface area contributed by atoms with E-state index in [1.807, 2.05) is 42.5 Å². The summed E-state index contributed by atoms with van der Waals surface area (Å²) in [5.74, 6) is 0.0462. The topological polar surface area (TPSA) is 60.3 Å². The first-order chi connectivity index (χ1) is 11.2. The van der Waals surface area contributed by atoms with Crippen LogP contribution in [0.1, 0.15) is 0 Å². The average Bonchev–Trinajstić information content (AvgIpc) is 2.91. The van der Waals surface area contributed by atoms with E-state index in [0.29, 0.717) is 27.1 Å². The summed E-state index contributed by atoms with van der Waals surface area (Å²) in [6.45, 7) is 0. The zero-order chi connectivity index (χ0) is 15.8. The summed E-state index contributed by atoms with van der Waals surface area (Å²) in [5, 5.41) is 22.9. The van der Waals surface area contributed by atoms with E-state index in [1.54, 1.807) is 30.3 Å². The summed E-state index contributed by atoms with van der Waals surface area (Å²) in [5.41, 5.74) is 3.28. The Hall–Kier alpha value is -3.27. The van der Waals surface area contributed by atoms with E-state index in [4.69, 9.17) is 4.52 Å². The van der Waals surface area contributed by atoms with Gasteiger partial charge in [-0.15, -0.1) is 0 Å². The molecule has 0 amide bonds. The molecular formula is C19H13NO3. The maximum atomic E-state index is 12.2. The number of aromatic hydroxyl groups is 1. The molecule has 1 N–H and O–H groups in total. The molecule has 0 spiro atoms. The van der Waals surface area contributed by atoms with Gasteiger partial charge in [-0.1, -0.05) is 48.5 Å². The molecule has 0 aliphatic rings. The van der Waals surface area contributed by atoms with Crippen LogP contribution >= 0.6 is 0 Å². The maximum absolute atomic E-state index is 12.2. The zero-order valence-electron chi connectivity index (χ0n) is 12.1. The van der Waals surface area contributed by atoms with Gasteiger partial charge in [0.15, 0.2) is 0 Å². The number of hydrogen-bond donors (Lipinski definition) is 1. The van der Waals surface area contributed by atoms with Gasteiger partial charge in [0.2, 0.25) is 0 Å². The average molecular weight is 303 g/mol. The minimum Gasteiger partial charge on any atom is -0.507 e. The van der Waals surface area contributed by atoms with Crippen molar-refractivity contribution in [3.8, 4) is 28.1 Å². The molecule has 0 radical (unpaired) electrons. The molecule has 3 aromatic carbocycles. The number of phenolic OH excluding ortho intramolecular Hbond substituents is 1. The molecule has 0 unspecified atom stereocenters. The first kappa shape index (κ1) is 13.4. The third kappa shape index (κ3) is 2.21. The number of rotatable bonds is 2. The van der Waals surface area contributed by atoms with E-state index in [2.05, 4.69) is 0 Å². The molecule has 4 heteroatoms. The second-order valence-electron chi connectivity index (χ2n) is 5.29. The second kappa shape index (κ2) is 5.18. The number of benzene rings is 3. The normalized spacial score (nSPS) is 11.0. The molecule has 4 nitrogen and oxygen atoms in total. The molecule has 0 aliphatic carbocycles. The third-order valence-electron chi connectivity index (χ3n) is 3.86. The first-order valence-corrected chi connectivity index (χ1v) is 7.24. The van der Waals surface area contributed by atoms with Crippen molar-refractivity contribution in [2.45, 2.75) is 0 Å². The van der Waals surface area contributed by atoms with Gasteiger partial charge >= 0.3 is 0 Å². The van der Waals surface area contributed by atoms with E-state index >= 15 is 0 Å². The summed E-state index contributed by atoms with van der Waals surface area (Å²) in [6, 6.07) is 22.2. The fourth-order valence-corrected chi connectivity index (χ4v) is 2.76. The summed E-state index contributed by atoms with van der Waals surface area (Å²) >= 11 is 0. The van der Waals surface area contributed by atoms with Crippen molar-refractivity contribution in [2.24, 2.45) is 0 Å². The predicted octanol–water partition coefficient (Wildman–Crippen LogP) is 4.11. The van der Waals surface area contributed by atoms with Gasteiger partial charge in [0.25, 0.3) is 5.69 Å². The van der Waals surface area contributed by atoms with Crippen molar-refractivity contribution in [1.29, 1.82) is 0 Å². The largest absolute Gasteiger partial charge is 0.507 e. The van der Waals surface area contributed by atoms with Crippen LogP contribution in [-0.4, -0.2) is 5.11 Å². The fraction of sp³-hybridized carbons (Fsp3) is 0. The summed E-state index contributed by atoms with van der Waals surface area (Å²) in [4.78, 5) is 0.453. The van der Waals surface area contributed by atoms with Crippen LogP contribution in [0.15, 0.2) is 77.3 Å². The molecule has 1 aromatic heterocycles. The van der Waals surface area contributed by atoms with Crippen molar-refractivity contribution in [2.75, 3.05) is 0 Å². The van der Waals surface area contributed by atoms with Gasteiger partial charge in [-0.3, -0.25) is 5.21 Å². The van der Waals surface area contributed by atoms with Crippen molar-refractivity contribution in [1.82, 2.24) is 0 Å². The van der Waals surface area contributed by atoms with E-state index in [0.717, 1.165) is 11.1 Å². The minimum atomic E-state index is 0.0462. The highest BCUT2D eigenvalue weighted by Crippen LogP contribution is 2.34. The van der Waals surface area contributed by atoms with Gasteiger partial charge in [-0.05, 0) is 35.4 Å². The van der Waals surface area contributed by atoms with Crippen LogP contribution in [0.25, 0.3) is 33.4 Å². The molecular weight excluding hydrogens is 290 g/mol. The Morgan fingerprint density at radius 3 is 2.35 bits per heavy atom. The molecule has 23 heavy (non-hydrogen) atoms. The summed E-state index contributed by atoms with van der Waals surface area (Å²) < 4.78 is 5.25. The molecule has 0 saturated heterocycles. The van der Waals surface area contributed by atoms with Gasteiger partial charge in [0.1, 0.15) is 5.75 Å². The smallest absolute Gasteiger partial charge is 0.288 e. The van der Waals surface area contributed by atoms with Gasteiger partial charge in [-0.2, -0.15) is 0 Å². The highest BCUT2D eigenvalue weighted by molar-refractivity contribution is 5.94. The number of nitrogens with zero attached hydrogens (tertiary/aromatic N) is 1. The molecule has 4 aromatic rings. The van der Waals surface area contributed by atoms with Crippen LogP contribution in [0.3, 0.4) is 0 Å². The Labute approximate surface area is 132 Å². The number of para-hydroxylation sites is 1. The van der Waals surface area contributed by atoms with Crippen LogP contribution in [0, 0.1) is 5.21 Å². The van der Waals surface area contributed by atoms with Gasteiger partial charge < -0.3 is 9.63 Å². The Kier molecular flexibility index (Phi) is 3.01. The quantitative estimate of drug-likeness (QED) is 0.567. The van der Waals surface area contributed by atoms with Crippen molar-refractivity contribution < 1.29 is 14.5 Å². The Morgan fingerprint density at radius 2 is 1.57 bits per heavy atom. The monoisotopic (exact) mass is 303 g/mol. The molecule has 0 saturated carbocycles. The van der Waals surface area contributed by atoms with Crippen LogP contribution in [0.2, 0.25) is 0 Å². The predicted molar refractivity (Wildman–Crippen MR) is 87.7 cm³/mol. The summed E-state index contributed by atoms with van der Waals surface area (Å²) in [7, 11) is 0. The number of aromatic nitrogens is 1. The molecule has 4 rings (SSSR count). The molecule has 0 bridgehead atoms. The maximum Gasteiger partial charge on any atom is 0.288 e. The number of hydrogen-bond acceptors (Lipinski definition) is 3. The lowest BCUT2D eigenvalue weighted by molar-refractivity contribution is -0.779. The van der Waals surface area contributed by atoms with Crippen LogP contribution in [0.4, 0.5) is 0 Å². The standard InChI is InChI=1S/C19H13NO3/c21-17-9-5-4-8-15(17)19-16-12-14(13-6-2-1-3-7-13)10-11-18(16)23-20(19)22/h1-12,21H. The molecule has 1 heterocycles. The van der Waals surface area contributed by atoms with Crippen LogP contribution < -0.4 is 4.90 Å². The zero-order valence-corrected chi connectivity index (χ0v) is 12.1. The second-order valence-corrected chi connectivity index (χ2v) is 5.29. The van der Waals surface area contributed by atoms with Crippen LogP contribution in [-0.2, 0) is 0 Å². The van der Waals surface area contributed by atoms with E-state index in [-0.39, 0.29) is 5.75 Å². The highest BCUT2D eigenvalue weighted by atomic mass is 16.7. The first-order valence-electron chi connectivity index (χ1n) is 7.24. The minimum absolute atomic E-state index is 0.0462. The number of fused-ring (bicyclic) bond motifs is 1. The molecule has 0 atom stereocenters. The SMILES string of the molecule is [O-][n+]1oc2ccc(-c3ccccc3)cc2c1-c1ccccc1O. The lowest BCUT2D eigenvalue weighted by atomic mass is 10.0. The Bertz CT molecular complexity index is 990. The van der Waals surface area contributed by atoms with Gasteiger partial charge in [-0.25, -0.2) is 0 Å². The molecule has 112 valence electrons. The molecule has 0 aliphatic heterocycles. The van der Waals surface area contributed by atoms with E-state index in [1.165, 1.54) is 0 Å². The highest BCUT2D eigenvalue weighted by Gasteiger charge is 2.22. The third-order valence-corrected chi connectivity index (χ3v) is 3.86. The lowest BCUT2D eigenvalue weighted by Gasteiger charge is -2.02.